The maximum Gasteiger partial charge on any atom is 0.150 e. The van der Waals surface area contributed by atoms with E-state index in [-0.39, 0.29) is 18.3 Å². The number of hydrogen-bond acceptors (Lipinski definition) is 7. The van der Waals surface area contributed by atoms with Crippen LogP contribution in [0.3, 0.4) is 0 Å². The van der Waals surface area contributed by atoms with Crippen molar-refractivity contribution in [3.05, 3.63) is 17.5 Å². The van der Waals surface area contributed by atoms with Crippen LogP contribution in [0.5, 0.6) is 0 Å². The fourth-order valence-electron chi connectivity index (χ4n) is 3.92. The van der Waals surface area contributed by atoms with Gasteiger partial charge in [-0.2, -0.15) is 0 Å². The van der Waals surface area contributed by atoms with E-state index in [1.165, 1.54) is 19.3 Å². The predicted octanol–water partition coefficient (Wildman–Crippen LogP) is 1.10. The van der Waals surface area contributed by atoms with E-state index >= 15 is 0 Å². The smallest absolute Gasteiger partial charge is 0.150 e. The maximum absolute atomic E-state index is 10.2. The van der Waals surface area contributed by atoms with Crippen LogP contribution in [0.25, 0.3) is 0 Å². The number of aromatic nitrogens is 1. The van der Waals surface area contributed by atoms with Crippen molar-refractivity contribution in [3.63, 3.8) is 0 Å². The number of nitrogens with zero attached hydrogens (tertiary/aromatic N) is 2. The molecule has 146 valence electrons. The van der Waals surface area contributed by atoms with Gasteiger partial charge in [-0.1, -0.05) is 11.6 Å². The first-order valence-corrected chi connectivity index (χ1v) is 10.1. The Morgan fingerprint density at radius 1 is 1.19 bits per heavy atom. The Balaban J connectivity index is 1.25. The molecule has 7 heteroatoms. The lowest BCUT2D eigenvalue weighted by atomic mass is 9.92. The van der Waals surface area contributed by atoms with E-state index in [0.29, 0.717) is 6.04 Å². The summed E-state index contributed by atoms with van der Waals surface area (Å²) in [5, 5.41) is 18.0. The van der Waals surface area contributed by atoms with E-state index in [4.69, 9.17) is 14.0 Å². The molecule has 0 radical (unpaired) electrons. The van der Waals surface area contributed by atoms with E-state index in [1.807, 2.05) is 6.07 Å². The van der Waals surface area contributed by atoms with Crippen molar-refractivity contribution in [2.24, 2.45) is 0 Å². The van der Waals surface area contributed by atoms with Gasteiger partial charge in [-0.3, -0.25) is 4.90 Å². The average Bonchev–Trinajstić information content (AvgIpc) is 3.04. The van der Waals surface area contributed by atoms with Gasteiger partial charge in [-0.15, -0.1) is 0 Å². The van der Waals surface area contributed by atoms with Crippen LogP contribution in [-0.4, -0.2) is 72.4 Å². The minimum absolute atomic E-state index is 0.105. The average molecular weight is 365 g/mol. The van der Waals surface area contributed by atoms with Crippen LogP contribution in [-0.2, 0) is 22.4 Å². The lowest BCUT2D eigenvalue weighted by Gasteiger charge is -2.36. The second kappa shape index (κ2) is 8.80. The fourth-order valence-corrected chi connectivity index (χ4v) is 3.92. The summed E-state index contributed by atoms with van der Waals surface area (Å²) in [7, 11) is 0. The molecule has 2 N–H and O–H groups in total. The summed E-state index contributed by atoms with van der Waals surface area (Å²) >= 11 is 0. The first kappa shape index (κ1) is 18.4. The highest BCUT2D eigenvalue weighted by Gasteiger charge is 2.31. The van der Waals surface area contributed by atoms with Gasteiger partial charge in [0.2, 0.25) is 0 Å². The number of aliphatic hydroxyl groups is 1. The molecular formula is C19H31N3O4. The molecule has 3 aliphatic rings. The molecule has 0 spiro atoms. The summed E-state index contributed by atoms with van der Waals surface area (Å²) in [6.07, 6.45) is 5.84. The first-order valence-electron chi connectivity index (χ1n) is 10.1. The first-order chi connectivity index (χ1) is 12.8. The molecule has 3 fully saturated rings. The van der Waals surface area contributed by atoms with Crippen molar-refractivity contribution in [2.75, 3.05) is 32.8 Å². The Morgan fingerprint density at radius 2 is 2.04 bits per heavy atom. The van der Waals surface area contributed by atoms with Crippen LogP contribution in [0.4, 0.5) is 0 Å². The van der Waals surface area contributed by atoms with E-state index in [9.17, 15) is 5.11 Å². The van der Waals surface area contributed by atoms with Gasteiger partial charge in [0.05, 0.1) is 43.8 Å². The third kappa shape index (κ3) is 4.84. The molecule has 0 aromatic carbocycles. The number of morpholine rings is 1. The number of hydrogen-bond donors (Lipinski definition) is 2. The van der Waals surface area contributed by atoms with Crippen molar-refractivity contribution in [1.82, 2.24) is 15.4 Å². The zero-order chi connectivity index (χ0) is 17.8. The minimum atomic E-state index is -0.368. The fraction of sp³-hybridized carbons (Fsp3) is 0.842. The topological polar surface area (TPSA) is 80.0 Å². The monoisotopic (exact) mass is 365 g/mol. The van der Waals surface area contributed by atoms with Gasteiger partial charge in [0.15, 0.2) is 5.76 Å². The van der Waals surface area contributed by atoms with Crippen molar-refractivity contribution in [3.8, 4) is 0 Å². The molecule has 3 heterocycles. The summed E-state index contributed by atoms with van der Waals surface area (Å²) in [5.74, 6) is 0.904. The Hall–Kier alpha value is -0.990. The lowest BCUT2D eigenvalue weighted by molar-refractivity contribution is -0.116. The zero-order valence-corrected chi connectivity index (χ0v) is 15.4. The molecule has 1 aromatic rings. The number of nitrogens with one attached hydrogen (secondary N) is 1. The molecule has 26 heavy (non-hydrogen) atoms. The van der Waals surface area contributed by atoms with Crippen LogP contribution in [0.15, 0.2) is 10.6 Å². The highest BCUT2D eigenvalue weighted by Crippen LogP contribution is 2.24. The molecule has 0 unspecified atom stereocenters. The standard InChI is InChI=1S/C19H31N3O4/c23-18-5-4-16(25-19(18)12-20-14-2-1-3-14)10-15-11-17(26-21-15)13-22-6-8-24-9-7-22/h11,14,16,18-20,23H,1-10,12-13H2/t16-,18-,19+/m0/s1. The molecule has 0 amide bonds. The van der Waals surface area contributed by atoms with E-state index in [1.54, 1.807) is 0 Å². The third-order valence-corrected chi connectivity index (χ3v) is 5.82. The van der Waals surface area contributed by atoms with E-state index in [0.717, 1.165) is 70.1 Å². The quantitative estimate of drug-likeness (QED) is 0.749. The van der Waals surface area contributed by atoms with Crippen LogP contribution in [0, 0.1) is 0 Å². The molecule has 0 bridgehead atoms. The maximum atomic E-state index is 10.2. The highest BCUT2D eigenvalue weighted by atomic mass is 16.5. The number of ether oxygens (including phenoxy) is 2. The normalized spacial score (nSPS) is 31.0. The molecule has 7 nitrogen and oxygen atoms in total. The largest absolute Gasteiger partial charge is 0.390 e. The molecule has 1 saturated carbocycles. The molecular weight excluding hydrogens is 334 g/mol. The summed E-state index contributed by atoms with van der Waals surface area (Å²) in [4.78, 5) is 2.32. The third-order valence-electron chi connectivity index (χ3n) is 5.82. The van der Waals surface area contributed by atoms with Crippen molar-refractivity contribution >= 4 is 0 Å². The summed E-state index contributed by atoms with van der Waals surface area (Å²) in [6, 6.07) is 2.66. The van der Waals surface area contributed by atoms with Gasteiger partial charge in [0.1, 0.15) is 0 Å². The number of aliphatic hydroxyl groups excluding tert-OH is 1. The highest BCUT2D eigenvalue weighted by molar-refractivity contribution is 5.07. The predicted molar refractivity (Wildman–Crippen MR) is 95.8 cm³/mol. The SMILES string of the molecule is O[C@H]1CC[C@@H](Cc2cc(CN3CCOCC3)on2)O[C@@H]1CNC1CCC1. The second-order valence-corrected chi connectivity index (χ2v) is 7.85. The Bertz CT molecular complexity index is 557. The molecule has 3 atom stereocenters. The molecule has 1 aliphatic carbocycles. The minimum Gasteiger partial charge on any atom is -0.390 e. The Morgan fingerprint density at radius 3 is 2.81 bits per heavy atom. The van der Waals surface area contributed by atoms with Gasteiger partial charge in [0.25, 0.3) is 0 Å². The Kier molecular flexibility index (Phi) is 6.22. The van der Waals surface area contributed by atoms with Crippen LogP contribution in [0.1, 0.15) is 43.6 Å². The number of rotatable bonds is 7. The van der Waals surface area contributed by atoms with Crippen molar-refractivity contribution < 1.29 is 19.1 Å². The molecule has 1 aromatic heterocycles. The summed E-state index contributed by atoms with van der Waals surface area (Å²) < 4.78 is 17.0. The summed E-state index contributed by atoms with van der Waals surface area (Å²) in [6.45, 7) is 4.98. The van der Waals surface area contributed by atoms with E-state index < -0.39 is 0 Å². The van der Waals surface area contributed by atoms with Gasteiger partial charge >= 0.3 is 0 Å². The van der Waals surface area contributed by atoms with Gasteiger partial charge < -0.3 is 24.4 Å². The van der Waals surface area contributed by atoms with Gasteiger partial charge in [-0.05, 0) is 25.7 Å². The molecule has 4 rings (SSSR count). The van der Waals surface area contributed by atoms with E-state index in [2.05, 4.69) is 15.4 Å². The van der Waals surface area contributed by atoms with Gasteiger partial charge in [0, 0.05) is 38.2 Å². The molecule has 2 aliphatic heterocycles. The van der Waals surface area contributed by atoms with Crippen molar-refractivity contribution in [1.29, 1.82) is 0 Å². The zero-order valence-electron chi connectivity index (χ0n) is 15.4. The molecule has 2 saturated heterocycles. The second-order valence-electron chi connectivity index (χ2n) is 7.85. The van der Waals surface area contributed by atoms with Crippen LogP contribution < -0.4 is 5.32 Å². The lowest BCUT2D eigenvalue weighted by Crippen LogP contribution is -2.48. The van der Waals surface area contributed by atoms with Crippen molar-refractivity contribution in [2.45, 2.75) is 69.4 Å². The van der Waals surface area contributed by atoms with Crippen LogP contribution in [0.2, 0.25) is 0 Å². The van der Waals surface area contributed by atoms with Crippen LogP contribution >= 0.6 is 0 Å². The van der Waals surface area contributed by atoms with Gasteiger partial charge in [-0.25, -0.2) is 0 Å². The Labute approximate surface area is 155 Å². The summed E-state index contributed by atoms with van der Waals surface area (Å²) in [5.41, 5.74) is 0.945.